The first-order valence-electron chi connectivity index (χ1n) is 6.53. The summed E-state index contributed by atoms with van der Waals surface area (Å²) >= 11 is 0. The Morgan fingerprint density at radius 3 is 2.73 bits per heavy atom. The van der Waals surface area contributed by atoms with Gasteiger partial charge in [-0.1, -0.05) is 0 Å². The van der Waals surface area contributed by atoms with E-state index in [1.54, 1.807) is 18.2 Å². The van der Waals surface area contributed by atoms with E-state index in [-0.39, 0.29) is 0 Å². The van der Waals surface area contributed by atoms with Crippen LogP contribution in [0.3, 0.4) is 0 Å². The van der Waals surface area contributed by atoms with Crippen molar-refractivity contribution in [1.29, 1.82) is 0 Å². The SMILES string of the molecule is Cc1cc2cc(NC(=O)N(C)CC(O)C(F)(F)F)ccc2[nH]1. The Morgan fingerprint density at radius 1 is 1.41 bits per heavy atom. The van der Waals surface area contributed by atoms with Gasteiger partial charge in [0.2, 0.25) is 0 Å². The number of fused-ring (bicyclic) bond motifs is 1. The van der Waals surface area contributed by atoms with Crippen molar-refractivity contribution in [1.82, 2.24) is 9.88 Å². The molecule has 0 radical (unpaired) electrons. The average Bonchev–Trinajstić information content (AvgIpc) is 2.76. The highest BCUT2D eigenvalue weighted by Crippen LogP contribution is 2.22. The molecular weight excluding hydrogens is 299 g/mol. The average molecular weight is 315 g/mol. The third kappa shape index (κ3) is 3.70. The van der Waals surface area contributed by atoms with E-state index in [4.69, 9.17) is 5.11 Å². The lowest BCUT2D eigenvalue weighted by Crippen LogP contribution is -2.43. The van der Waals surface area contributed by atoms with E-state index in [1.165, 1.54) is 7.05 Å². The second kappa shape index (κ2) is 5.88. The highest BCUT2D eigenvalue weighted by atomic mass is 19.4. The molecule has 1 unspecified atom stereocenters. The number of carbonyl (C=O) groups is 1. The molecule has 0 fully saturated rings. The van der Waals surface area contributed by atoms with Crippen molar-refractivity contribution in [3.63, 3.8) is 0 Å². The Bertz CT molecular complexity index is 682. The molecule has 0 spiro atoms. The molecule has 120 valence electrons. The zero-order chi connectivity index (χ0) is 16.5. The van der Waals surface area contributed by atoms with E-state index in [0.717, 1.165) is 21.5 Å². The van der Waals surface area contributed by atoms with Gasteiger partial charge in [-0.25, -0.2) is 4.79 Å². The summed E-state index contributed by atoms with van der Waals surface area (Å²) in [5, 5.41) is 12.3. The van der Waals surface area contributed by atoms with Gasteiger partial charge in [0, 0.05) is 29.3 Å². The number of alkyl halides is 3. The van der Waals surface area contributed by atoms with Crippen molar-refractivity contribution in [2.24, 2.45) is 0 Å². The fraction of sp³-hybridized carbons (Fsp3) is 0.357. The van der Waals surface area contributed by atoms with E-state index in [9.17, 15) is 18.0 Å². The van der Waals surface area contributed by atoms with Crippen LogP contribution in [0.5, 0.6) is 0 Å². The van der Waals surface area contributed by atoms with Gasteiger partial charge in [0.05, 0.1) is 6.54 Å². The molecule has 1 aromatic carbocycles. The van der Waals surface area contributed by atoms with E-state index >= 15 is 0 Å². The monoisotopic (exact) mass is 315 g/mol. The molecule has 0 aliphatic rings. The molecular formula is C14H16F3N3O2. The number of anilines is 1. The number of benzene rings is 1. The van der Waals surface area contributed by atoms with Crippen LogP contribution in [-0.2, 0) is 0 Å². The fourth-order valence-electron chi connectivity index (χ4n) is 2.02. The van der Waals surface area contributed by atoms with Gasteiger partial charge in [-0.05, 0) is 31.2 Å². The van der Waals surface area contributed by atoms with E-state index in [2.05, 4.69) is 10.3 Å². The van der Waals surface area contributed by atoms with Crippen LogP contribution < -0.4 is 5.32 Å². The van der Waals surface area contributed by atoms with Gasteiger partial charge in [-0.3, -0.25) is 0 Å². The molecule has 1 heterocycles. The van der Waals surface area contributed by atoms with Crippen molar-refractivity contribution in [2.75, 3.05) is 18.9 Å². The lowest BCUT2D eigenvalue weighted by molar-refractivity contribution is -0.205. The Labute approximate surface area is 124 Å². The van der Waals surface area contributed by atoms with E-state index in [0.29, 0.717) is 5.69 Å². The summed E-state index contributed by atoms with van der Waals surface area (Å²) in [4.78, 5) is 15.8. The van der Waals surface area contributed by atoms with Crippen LogP contribution in [0.25, 0.3) is 10.9 Å². The number of nitrogens with one attached hydrogen (secondary N) is 2. The first-order valence-corrected chi connectivity index (χ1v) is 6.53. The van der Waals surface area contributed by atoms with Gasteiger partial charge in [-0.15, -0.1) is 0 Å². The maximum Gasteiger partial charge on any atom is 0.416 e. The van der Waals surface area contributed by atoms with Crippen LogP contribution in [0.2, 0.25) is 0 Å². The minimum absolute atomic E-state index is 0.463. The topological polar surface area (TPSA) is 68.4 Å². The van der Waals surface area contributed by atoms with Crippen LogP contribution in [-0.4, -0.2) is 46.9 Å². The number of nitrogens with zero attached hydrogens (tertiary/aromatic N) is 1. The summed E-state index contributed by atoms with van der Waals surface area (Å²) in [5.74, 6) is 0. The summed E-state index contributed by atoms with van der Waals surface area (Å²) in [5.41, 5.74) is 2.32. The second-order valence-corrected chi connectivity index (χ2v) is 5.12. The standard InChI is InChI=1S/C14H16F3N3O2/c1-8-5-9-6-10(3-4-11(9)18-8)19-13(22)20(2)7-12(21)14(15,16)17/h3-6,12,18,21H,7H2,1-2H3,(H,19,22). The molecule has 1 aromatic heterocycles. The summed E-state index contributed by atoms with van der Waals surface area (Å²) in [6, 6.07) is 6.29. The van der Waals surface area contributed by atoms with Gasteiger partial charge in [-0.2, -0.15) is 13.2 Å². The maximum atomic E-state index is 12.3. The molecule has 0 aliphatic heterocycles. The maximum absolute atomic E-state index is 12.3. The minimum atomic E-state index is -4.75. The molecule has 2 rings (SSSR count). The normalized spacial score (nSPS) is 13.2. The number of hydrogen-bond donors (Lipinski definition) is 3. The zero-order valence-electron chi connectivity index (χ0n) is 12.0. The van der Waals surface area contributed by atoms with E-state index < -0.39 is 24.9 Å². The van der Waals surface area contributed by atoms with Crippen LogP contribution in [0.1, 0.15) is 5.69 Å². The molecule has 5 nitrogen and oxygen atoms in total. The van der Waals surface area contributed by atoms with Crippen LogP contribution in [0.15, 0.2) is 24.3 Å². The number of hydrogen-bond acceptors (Lipinski definition) is 2. The largest absolute Gasteiger partial charge is 0.416 e. The number of H-pyrrole nitrogens is 1. The van der Waals surface area contributed by atoms with Crippen molar-refractivity contribution in [3.05, 3.63) is 30.0 Å². The Morgan fingerprint density at radius 2 is 2.09 bits per heavy atom. The quantitative estimate of drug-likeness (QED) is 0.815. The van der Waals surface area contributed by atoms with Gasteiger partial charge in [0.25, 0.3) is 0 Å². The highest BCUT2D eigenvalue weighted by molar-refractivity contribution is 5.92. The molecule has 2 aromatic rings. The van der Waals surface area contributed by atoms with Crippen LogP contribution in [0, 0.1) is 6.92 Å². The second-order valence-electron chi connectivity index (χ2n) is 5.12. The molecule has 8 heteroatoms. The van der Waals surface area contributed by atoms with Crippen molar-refractivity contribution >= 4 is 22.6 Å². The number of aryl methyl sites for hydroxylation is 1. The number of halogens is 3. The smallest absolute Gasteiger partial charge is 0.382 e. The molecule has 2 amide bonds. The molecule has 0 saturated carbocycles. The summed E-state index contributed by atoms with van der Waals surface area (Å²) in [6.07, 6.45) is -7.33. The Hall–Kier alpha value is -2.22. The summed E-state index contributed by atoms with van der Waals surface area (Å²) in [6.45, 7) is 1.06. The Kier molecular flexibility index (Phi) is 4.32. The Balaban J connectivity index is 2.03. The molecule has 0 bridgehead atoms. The van der Waals surface area contributed by atoms with Gasteiger partial charge in [0.1, 0.15) is 0 Å². The lowest BCUT2D eigenvalue weighted by Gasteiger charge is -2.22. The number of rotatable bonds is 3. The number of amides is 2. The number of likely N-dealkylation sites (N-methyl/N-ethyl adjacent to an activating group) is 1. The highest BCUT2D eigenvalue weighted by Gasteiger charge is 2.39. The van der Waals surface area contributed by atoms with Crippen molar-refractivity contribution in [2.45, 2.75) is 19.2 Å². The first kappa shape index (κ1) is 16.2. The lowest BCUT2D eigenvalue weighted by atomic mass is 10.2. The summed E-state index contributed by atoms with van der Waals surface area (Å²) in [7, 11) is 1.18. The van der Waals surface area contributed by atoms with Gasteiger partial charge >= 0.3 is 12.2 Å². The number of carbonyl (C=O) groups excluding carboxylic acids is 1. The predicted octanol–water partition coefficient (Wildman–Crippen LogP) is 2.86. The zero-order valence-corrected chi connectivity index (χ0v) is 12.0. The number of aromatic nitrogens is 1. The van der Waals surface area contributed by atoms with E-state index in [1.807, 2.05) is 13.0 Å². The number of aliphatic hydroxyl groups is 1. The number of aliphatic hydroxyl groups excluding tert-OH is 1. The molecule has 0 aliphatic carbocycles. The number of urea groups is 1. The van der Waals surface area contributed by atoms with Crippen LogP contribution >= 0.6 is 0 Å². The minimum Gasteiger partial charge on any atom is -0.382 e. The summed E-state index contributed by atoms with van der Waals surface area (Å²) < 4.78 is 36.8. The number of aromatic amines is 1. The van der Waals surface area contributed by atoms with Crippen molar-refractivity contribution < 1.29 is 23.1 Å². The molecule has 3 N–H and O–H groups in total. The van der Waals surface area contributed by atoms with Crippen molar-refractivity contribution in [3.8, 4) is 0 Å². The molecule has 22 heavy (non-hydrogen) atoms. The van der Waals surface area contributed by atoms with Gasteiger partial charge < -0.3 is 20.3 Å². The van der Waals surface area contributed by atoms with Gasteiger partial charge in [0.15, 0.2) is 6.10 Å². The first-order chi connectivity index (χ1) is 10.2. The third-order valence-corrected chi connectivity index (χ3v) is 3.18. The fourth-order valence-corrected chi connectivity index (χ4v) is 2.02. The third-order valence-electron chi connectivity index (χ3n) is 3.18. The predicted molar refractivity (Wildman–Crippen MR) is 76.7 cm³/mol. The molecule has 1 atom stereocenters. The van der Waals surface area contributed by atoms with Crippen LogP contribution in [0.4, 0.5) is 23.7 Å². The molecule has 0 saturated heterocycles.